The Bertz CT molecular complexity index is 466. The van der Waals surface area contributed by atoms with Gasteiger partial charge in [-0.3, -0.25) is 0 Å². The van der Waals surface area contributed by atoms with Gasteiger partial charge in [-0.05, 0) is 18.9 Å². The highest BCUT2D eigenvalue weighted by Gasteiger charge is 2.01. The van der Waals surface area contributed by atoms with Crippen LogP contribution in [0.4, 0.5) is 0 Å². The number of hydrogen-bond donors (Lipinski definition) is 0. The van der Waals surface area contributed by atoms with E-state index in [2.05, 4.69) is 29.0 Å². The normalized spacial score (nSPS) is 10.5. The standard InChI is InChI=1S/C16H20N2/c1-2-3-4-8-11-15-12-13-17-16(18-15)14-9-6-5-7-10-14/h5-7,9-10,12-13H,2-4,8,11H2,1H3. The van der Waals surface area contributed by atoms with E-state index in [0.29, 0.717) is 0 Å². The van der Waals surface area contributed by atoms with Crippen LogP contribution in [0.1, 0.15) is 38.3 Å². The smallest absolute Gasteiger partial charge is 0.159 e. The van der Waals surface area contributed by atoms with E-state index < -0.39 is 0 Å². The van der Waals surface area contributed by atoms with Gasteiger partial charge in [-0.15, -0.1) is 0 Å². The zero-order chi connectivity index (χ0) is 12.6. The molecule has 0 radical (unpaired) electrons. The lowest BCUT2D eigenvalue weighted by Gasteiger charge is -2.03. The first-order valence-corrected chi connectivity index (χ1v) is 6.77. The Morgan fingerprint density at radius 1 is 0.944 bits per heavy atom. The molecule has 2 nitrogen and oxygen atoms in total. The molecule has 0 saturated carbocycles. The van der Waals surface area contributed by atoms with Crippen LogP contribution >= 0.6 is 0 Å². The minimum atomic E-state index is 0.837. The quantitative estimate of drug-likeness (QED) is 0.705. The Hall–Kier alpha value is -1.70. The van der Waals surface area contributed by atoms with Crippen molar-refractivity contribution in [2.24, 2.45) is 0 Å². The molecule has 1 heterocycles. The maximum absolute atomic E-state index is 4.63. The second kappa shape index (κ2) is 6.90. The Balaban J connectivity index is 2.02. The van der Waals surface area contributed by atoms with Gasteiger partial charge in [0, 0.05) is 17.5 Å². The lowest BCUT2D eigenvalue weighted by atomic mass is 10.1. The molecule has 1 aromatic carbocycles. The average molecular weight is 240 g/mol. The number of aromatic nitrogens is 2. The van der Waals surface area contributed by atoms with Crippen molar-refractivity contribution in [3.05, 3.63) is 48.3 Å². The fourth-order valence-corrected chi connectivity index (χ4v) is 1.99. The summed E-state index contributed by atoms with van der Waals surface area (Å²) in [6.45, 7) is 2.23. The molecule has 0 saturated heterocycles. The number of benzene rings is 1. The van der Waals surface area contributed by atoms with Crippen LogP contribution in [-0.4, -0.2) is 9.97 Å². The summed E-state index contributed by atoms with van der Waals surface area (Å²) in [5.74, 6) is 0.837. The number of hydrogen-bond acceptors (Lipinski definition) is 2. The predicted octanol–water partition coefficient (Wildman–Crippen LogP) is 4.27. The summed E-state index contributed by atoms with van der Waals surface area (Å²) in [6.07, 6.45) is 8.03. The van der Waals surface area contributed by atoms with E-state index in [1.54, 1.807) is 0 Å². The number of aryl methyl sites for hydroxylation is 1. The van der Waals surface area contributed by atoms with E-state index in [9.17, 15) is 0 Å². The summed E-state index contributed by atoms with van der Waals surface area (Å²) in [7, 11) is 0. The van der Waals surface area contributed by atoms with Crippen molar-refractivity contribution in [2.75, 3.05) is 0 Å². The molecule has 18 heavy (non-hydrogen) atoms. The summed E-state index contributed by atoms with van der Waals surface area (Å²) in [5.41, 5.74) is 2.24. The molecular formula is C16H20N2. The molecule has 0 spiro atoms. The first-order valence-electron chi connectivity index (χ1n) is 6.77. The van der Waals surface area contributed by atoms with Gasteiger partial charge in [0.1, 0.15) is 0 Å². The second-order valence-corrected chi connectivity index (χ2v) is 4.55. The van der Waals surface area contributed by atoms with Crippen molar-refractivity contribution >= 4 is 0 Å². The third-order valence-corrected chi connectivity index (χ3v) is 3.03. The highest BCUT2D eigenvalue weighted by molar-refractivity contribution is 5.54. The average Bonchev–Trinajstić information content (AvgIpc) is 2.45. The SMILES string of the molecule is CCCCCCc1ccnc(-c2ccccc2)n1. The third-order valence-electron chi connectivity index (χ3n) is 3.03. The molecule has 1 aromatic heterocycles. The Kier molecular flexibility index (Phi) is 4.88. The highest BCUT2D eigenvalue weighted by Crippen LogP contribution is 2.14. The first-order chi connectivity index (χ1) is 8.90. The maximum Gasteiger partial charge on any atom is 0.159 e. The molecule has 0 atom stereocenters. The third kappa shape index (κ3) is 3.66. The van der Waals surface area contributed by atoms with E-state index in [-0.39, 0.29) is 0 Å². The fourth-order valence-electron chi connectivity index (χ4n) is 1.99. The van der Waals surface area contributed by atoms with Crippen molar-refractivity contribution in [1.82, 2.24) is 9.97 Å². The van der Waals surface area contributed by atoms with Gasteiger partial charge in [0.15, 0.2) is 5.82 Å². The molecule has 0 fully saturated rings. The molecule has 0 aliphatic heterocycles. The summed E-state index contributed by atoms with van der Waals surface area (Å²) >= 11 is 0. The van der Waals surface area contributed by atoms with Crippen LogP contribution in [0.5, 0.6) is 0 Å². The molecule has 0 amide bonds. The predicted molar refractivity (Wildman–Crippen MR) is 75.3 cm³/mol. The first kappa shape index (κ1) is 12.7. The van der Waals surface area contributed by atoms with E-state index in [0.717, 1.165) is 23.5 Å². The van der Waals surface area contributed by atoms with Gasteiger partial charge < -0.3 is 0 Å². The van der Waals surface area contributed by atoms with Gasteiger partial charge >= 0.3 is 0 Å². The van der Waals surface area contributed by atoms with Crippen LogP contribution in [0.25, 0.3) is 11.4 Å². The van der Waals surface area contributed by atoms with E-state index in [1.165, 1.54) is 25.7 Å². The van der Waals surface area contributed by atoms with E-state index >= 15 is 0 Å². The molecule has 94 valence electrons. The minimum Gasteiger partial charge on any atom is -0.237 e. The van der Waals surface area contributed by atoms with Crippen LogP contribution in [0.3, 0.4) is 0 Å². The van der Waals surface area contributed by atoms with Gasteiger partial charge in [-0.1, -0.05) is 56.5 Å². The number of rotatable bonds is 6. The van der Waals surface area contributed by atoms with E-state index in [4.69, 9.17) is 0 Å². The fraction of sp³-hybridized carbons (Fsp3) is 0.375. The van der Waals surface area contributed by atoms with Gasteiger partial charge in [-0.25, -0.2) is 9.97 Å². The van der Waals surface area contributed by atoms with Gasteiger partial charge in [0.2, 0.25) is 0 Å². The van der Waals surface area contributed by atoms with Crippen LogP contribution in [0.2, 0.25) is 0 Å². The molecule has 2 rings (SSSR count). The molecule has 0 bridgehead atoms. The Labute approximate surface area is 109 Å². The van der Waals surface area contributed by atoms with Crippen molar-refractivity contribution in [3.8, 4) is 11.4 Å². The lowest BCUT2D eigenvalue weighted by Crippen LogP contribution is -1.95. The van der Waals surface area contributed by atoms with Crippen molar-refractivity contribution < 1.29 is 0 Å². The van der Waals surface area contributed by atoms with Crippen molar-refractivity contribution in [3.63, 3.8) is 0 Å². The molecule has 0 aliphatic carbocycles. The number of nitrogens with zero attached hydrogens (tertiary/aromatic N) is 2. The van der Waals surface area contributed by atoms with Gasteiger partial charge in [0.25, 0.3) is 0 Å². The highest BCUT2D eigenvalue weighted by atomic mass is 14.9. The number of unbranched alkanes of at least 4 members (excludes halogenated alkanes) is 3. The second-order valence-electron chi connectivity index (χ2n) is 4.55. The molecule has 2 heteroatoms. The molecule has 0 N–H and O–H groups in total. The molecular weight excluding hydrogens is 220 g/mol. The summed E-state index contributed by atoms with van der Waals surface area (Å²) < 4.78 is 0. The van der Waals surface area contributed by atoms with Gasteiger partial charge in [0.05, 0.1) is 0 Å². The monoisotopic (exact) mass is 240 g/mol. The Morgan fingerprint density at radius 2 is 1.78 bits per heavy atom. The molecule has 2 aromatic rings. The van der Waals surface area contributed by atoms with Crippen LogP contribution < -0.4 is 0 Å². The zero-order valence-electron chi connectivity index (χ0n) is 11.0. The van der Waals surface area contributed by atoms with E-state index in [1.807, 2.05) is 30.5 Å². The lowest BCUT2D eigenvalue weighted by molar-refractivity contribution is 0.660. The van der Waals surface area contributed by atoms with Crippen molar-refractivity contribution in [1.29, 1.82) is 0 Å². The Morgan fingerprint density at radius 3 is 2.56 bits per heavy atom. The maximum atomic E-state index is 4.63. The van der Waals surface area contributed by atoms with Crippen LogP contribution in [0.15, 0.2) is 42.6 Å². The summed E-state index contributed by atoms with van der Waals surface area (Å²) in [5, 5.41) is 0. The summed E-state index contributed by atoms with van der Waals surface area (Å²) in [6, 6.07) is 12.2. The molecule has 0 aliphatic rings. The summed E-state index contributed by atoms with van der Waals surface area (Å²) in [4.78, 5) is 8.97. The van der Waals surface area contributed by atoms with Crippen LogP contribution in [-0.2, 0) is 6.42 Å². The molecule has 0 unspecified atom stereocenters. The van der Waals surface area contributed by atoms with Crippen molar-refractivity contribution in [2.45, 2.75) is 39.0 Å². The largest absolute Gasteiger partial charge is 0.237 e. The zero-order valence-corrected chi connectivity index (χ0v) is 11.0. The topological polar surface area (TPSA) is 25.8 Å². The minimum absolute atomic E-state index is 0.837. The van der Waals surface area contributed by atoms with Gasteiger partial charge in [-0.2, -0.15) is 0 Å². The van der Waals surface area contributed by atoms with Crippen LogP contribution in [0, 0.1) is 0 Å².